The summed E-state index contributed by atoms with van der Waals surface area (Å²) in [5.41, 5.74) is 0. The van der Waals surface area contributed by atoms with E-state index < -0.39 is 0 Å². The second-order valence-electron chi connectivity index (χ2n) is 5.01. The van der Waals surface area contributed by atoms with Gasteiger partial charge in [-0.3, -0.25) is 9.47 Å². The molecule has 1 aliphatic heterocycles. The van der Waals surface area contributed by atoms with Crippen LogP contribution in [0.5, 0.6) is 0 Å². The van der Waals surface area contributed by atoms with Crippen molar-refractivity contribution in [1.82, 2.24) is 24.4 Å². The Bertz CT molecular complexity index is 594. The molecule has 0 radical (unpaired) electrons. The van der Waals surface area contributed by atoms with Crippen molar-refractivity contribution in [3.8, 4) is 5.82 Å². The Morgan fingerprint density at radius 3 is 2.91 bits per heavy atom. The van der Waals surface area contributed by atoms with E-state index in [-0.39, 0.29) is 0 Å². The van der Waals surface area contributed by atoms with E-state index in [0.717, 1.165) is 57.0 Å². The average Bonchev–Trinajstić information content (AvgIpc) is 3.05. The van der Waals surface area contributed by atoms with Crippen molar-refractivity contribution in [1.29, 1.82) is 0 Å². The zero-order chi connectivity index (χ0) is 15.2. The number of nitrogens with one attached hydrogen (secondary N) is 2. The Kier molecular flexibility index (Phi) is 4.81. The molecule has 3 rings (SSSR count). The molecule has 1 aliphatic rings. The molecule has 118 valence electrons. The van der Waals surface area contributed by atoms with Crippen LogP contribution in [0.4, 0.5) is 11.8 Å². The largest absolute Gasteiger partial charge is 0.379 e. The maximum atomic E-state index is 5.35. The van der Waals surface area contributed by atoms with Gasteiger partial charge in [0.25, 0.3) is 0 Å². The first kappa shape index (κ1) is 14.7. The predicted octanol–water partition coefficient (Wildman–Crippen LogP) is 0.448. The Hall–Kier alpha value is -2.19. The molecule has 1 fully saturated rings. The zero-order valence-corrected chi connectivity index (χ0v) is 12.7. The molecule has 3 heterocycles. The van der Waals surface area contributed by atoms with Crippen molar-refractivity contribution in [3.63, 3.8) is 0 Å². The minimum atomic E-state index is 0.748. The van der Waals surface area contributed by atoms with Crippen LogP contribution in [0, 0.1) is 0 Å². The molecular weight excluding hydrogens is 282 g/mol. The summed E-state index contributed by atoms with van der Waals surface area (Å²) >= 11 is 0. The molecule has 0 unspecified atom stereocenters. The molecule has 2 aromatic rings. The highest BCUT2D eigenvalue weighted by Crippen LogP contribution is 2.13. The number of imidazole rings is 1. The maximum Gasteiger partial charge on any atom is 0.208 e. The lowest BCUT2D eigenvalue weighted by Gasteiger charge is -2.26. The van der Waals surface area contributed by atoms with Gasteiger partial charge < -0.3 is 15.4 Å². The number of hydrogen-bond acceptors (Lipinski definition) is 7. The van der Waals surface area contributed by atoms with Gasteiger partial charge in [-0.05, 0) is 0 Å². The number of anilines is 2. The fourth-order valence-electron chi connectivity index (χ4n) is 2.42. The maximum absolute atomic E-state index is 5.35. The molecule has 8 heteroatoms. The van der Waals surface area contributed by atoms with Crippen LogP contribution in [0.2, 0.25) is 0 Å². The normalized spacial score (nSPS) is 15.7. The van der Waals surface area contributed by atoms with Crippen LogP contribution in [0.3, 0.4) is 0 Å². The predicted molar refractivity (Wildman–Crippen MR) is 84.4 cm³/mol. The number of hydrogen-bond donors (Lipinski definition) is 2. The summed E-state index contributed by atoms with van der Waals surface area (Å²) < 4.78 is 7.23. The van der Waals surface area contributed by atoms with Gasteiger partial charge in [0.05, 0.1) is 13.2 Å². The van der Waals surface area contributed by atoms with Crippen molar-refractivity contribution in [2.45, 2.75) is 0 Å². The number of ether oxygens (including phenoxy) is 1. The van der Waals surface area contributed by atoms with Crippen molar-refractivity contribution in [2.75, 3.05) is 57.1 Å². The highest BCUT2D eigenvalue weighted by Gasteiger charge is 2.10. The number of rotatable bonds is 6. The molecular formula is C14H21N7O. The Balaban J connectivity index is 1.59. The quantitative estimate of drug-likeness (QED) is 0.802. The third-order valence-electron chi connectivity index (χ3n) is 3.60. The van der Waals surface area contributed by atoms with Crippen LogP contribution in [-0.2, 0) is 4.74 Å². The Labute approximate surface area is 129 Å². The molecule has 0 saturated carbocycles. The number of morpholine rings is 1. The van der Waals surface area contributed by atoms with E-state index in [1.165, 1.54) is 0 Å². The molecule has 0 bridgehead atoms. The number of aromatic nitrogens is 4. The lowest BCUT2D eigenvalue weighted by molar-refractivity contribution is 0.0398. The van der Waals surface area contributed by atoms with Crippen LogP contribution >= 0.6 is 0 Å². The van der Waals surface area contributed by atoms with E-state index in [9.17, 15) is 0 Å². The highest BCUT2D eigenvalue weighted by molar-refractivity contribution is 5.44. The van der Waals surface area contributed by atoms with Crippen molar-refractivity contribution in [3.05, 3.63) is 24.8 Å². The van der Waals surface area contributed by atoms with E-state index >= 15 is 0 Å². The van der Waals surface area contributed by atoms with Gasteiger partial charge in [-0.1, -0.05) is 0 Å². The topological polar surface area (TPSA) is 80.1 Å². The second-order valence-corrected chi connectivity index (χ2v) is 5.01. The number of nitrogens with zero attached hydrogens (tertiary/aromatic N) is 5. The zero-order valence-electron chi connectivity index (χ0n) is 12.7. The van der Waals surface area contributed by atoms with Crippen LogP contribution in [0.1, 0.15) is 0 Å². The Morgan fingerprint density at radius 1 is 1.23 bits per heavy atom. The molecule has 0 aliphatic carbocycles. The summed E-state index contributed by atoms with van der Waals surface area (Å²) in [5.74, 6) is 2.35. The van der Waals surface area contributed by atoms with Gasteiger partial charge in [-0.25, -0.2) is 15.0 Å². The standard InChI is InChI=1S/C14H21N7O/c1-15-14-17-3-5-21(14)13-10-12(18-11-19-13)16-2-4-20-6-8-22-9-7-20/h3,5,10-11H,2,4,6-9H2,1H3,(H,15,17)(H,16,18,19). The van der Waals surface area contributed by atoms with Gasteiger partial charge in [-0.2, -0.15) is 0 Å². The van der Waals surface area contributed by atoms with E-state index in [4.69, 9.17) is 4.74 Å². The van der Waals surface area contributed by atoms with Gasteiger partial charge in [0.2, 0.25) is 5.95 Å². The smallest absolute Gasteiger partial charge is 0.208 e. The fourth-order valence-corrected chi connectivity index (χ4v) is 2.42. The summed E-state index contributed by atoms with van der Waals surface area (Å²) in [6.45, 7) is 5.47. The van der Waals surface area contributed by atoms with Gasteiger partial charge >= 0.3 is 0 Å². The molecule has 22 heavy (non-hydrogen) atoms. The van der Waals surface area contributed by atoms with E-state index in [0.29, 0.717) is 0 Å². The van der Waals surface area contributed by atoms with Gasteiger partial charge in [0, 0.05) is 51.7 Å². The first-order chi connectivity index (χ1) is 10.9. The molecule has 0 atom stereocenters. The van der Waals surface area contributed by atoms with Crippen molar-refractivity contribution in [2.24, 2.45) is 0 Å². The first-order valence-electron chi connectivity index (χ1n) is 7.44. The lowest BCUT2D eigenvalue weighted by atomic mass is 10.4. The Morgan fingerprint density at radius 2 is 2.09 bits per heavy atom. The molecule has 0 aromatic carbocycles. The summed E-state index contributed by atoms with van der Waals surface area (Å²) in [6.07, 6.45) is 5.16. The molecule has 1 saturated heterocycles. The third kappa shape index (κ3) is 3.52. The summed E-state index contributed by atoms with van der Waals surface area (Å²) in [7, 11) is 1.83. The van der Waals surface area contributed by atoms with E-state index in [1.807, 2.05) is 23.9 Å². The van der Waals surface area contributed by atoms with Crippen LogP contribution in [0.15, 0.2) is 24.8 Å². The van der Waals surface area contributed by atoms with E-state index in [2.05, 4.69) is 30.5 Å². The van der Waals surface area contributed by atoms with Gasteiger partial charge in [0.15, 0.2) is 0 Å². The summed E-state index contributed by atoms with van der Waals surface area (Å²) in [5, 5.41) is 6.38. The van der Waals surface area contributed by atoms with Crippen LogP contribution in [-0.4, -0.2) is 70.9 Å². The summed E-state index contributed by atoms with van der Waals surface area (Å²) in [6, 6.07) is 1.92. The van der Waals surface area contributed by atoms with Crippen LogP contribution in [0.25, 0.3) is 5.82 Å². The molecule has 8 nitrogen and oxygen atoms in total. The average molecular weight is 303 g/mol. The highest BCUT2D eigenvalue weighted by atomic mass is 16.5. The lowest BCUT2D eigenvalue weighted by Crippen LogP contribution is -2.39. The fraction of sp³-hybridized carbons (Fsp3) is 0.500. The molecule has 2 aromatic heterocycles. The molecule has 0 amide bonds. The van der Waals surface area contributed by atoms with Crippen molar-refractivity contribution >= 4 is 11.8 Å². The monoisotopic (exact) mass is 303 g/mol. The van der Waals surface area contributed by atoms with Crippen molar-refractivity contribution < 1.29 is 4.74 Å². The minimum Gasteiger partial charge on any atom is -0.379 e. The SMILES string of the molecule is CNc1nccn1-c1cc(NCCN2CCOCC2)ncn1. The van der Waals surface area contributed by atoms with Gasteiger partial charge in [0.1, 0.15) is 18.0 Å². The third-order valence-corrected chi connectivity index (χ3v) is 3.60. The first-order valence-corrected chi connectivity index (χ1v) is 7.44. The van der Waals surface area contributed by atoms with Gasteiger partial charge in [-0.15, -0.1) is 0 Å². The summed E-state index contributed by atoms with van der Waals surface area (Å²) in [4.78, 5) is 15.2. The molecule has 2 N–H and O–H groups in total. The molecule has 0 spiro atoms. The second kappa shape index (κ2) is 7.19. The van der Waals surface area contributed by atoms with E-state index in [1.54, 1.807) is 12.5 Å². The minimum absolute atomic E-state index is 0.748. The van der Waals surface area contributed by atoms with Crippen LogP contribution < -0.4 is 10.6 Å².